The average Bonchev–Trinajstić information content (AvgIpc) is 3.45. The van der Waals surface area contributed by atoms with E-state index in [9.17, 15) is 4.79 Å². The van der Waals surface area contributed by atoms with Crippen LogP contribution in [-0.4, -0.2) is 40.2 Å². The van der Waals surface area contributed by atoms with E-state index >= 15 is 0 Å². The first-order valence-electron chi connectivity index (χ1n) is 9.84. The molecule has 1 fully saturated rings. The maximum atomic E-state index is 12.3. The van der Waals surface area contributed by atoms with Gasteiger partial charge in [0.1, 0.15) is 24.0 Å². The Labute approximate surface area is 182 Å². The van der Waals surface area contributed by atoms with Gasteiger partial charge in [0.15, 0.2) is 0 Å². The zero-order valence-electron chi connectivity index (χ0n) is 16.5. The molecule has 0 saturated carbocycles. The highest BCUT2D eigenvalue weighted by atomic mass is 32.1. The Morgan fingerprint density at radius 1 is 1.10 bits per heavy atom. The van der Waals surface area contributed by atoms with E-state index in [0.717, 1.165) is 29.0 Å². The molecule has 1 N–H and O–H groups in total. The molecule has 1 atom stereocenters. The molecular formula is C22H19N5O3S. The monoisotopic (exact) mass is 433 g/mol. The summed E-state index contributed by atoms with van der Waals surface area (Å²) in [4.78, 5) is 27.4. The Kier molecular flexibility index (Phi) is 5.32. The SMILES string of the molecule is O=C(Nc1ccc(Oc2ccccc2)nc1)OC1CCN(c2ncnc3ccsc23)C1. The van der Waals surface area contributed by atoms with E-state index in [4.69, 9.17) is 9.47 Å². The molecule has 0 bridgehead atoms. The predicted octanol–water partition coefficient (Wildman–Crippen LogP) is 4.71. The summed E-state index contributed by atoms with van der Waals surface area (Å²) in [6.07, 6.45) is 3.14. The van der Waals surface area contributed by atoms with Crippen LogP contribution in [-0.2, 0) is 4.74 Å². The molecule has 0 radical (unpaired) electrons. The Morgan fingerprint density at radius 3 is 2.84 bits per heavy atom. The number of aromatic nitrogens is 3. The van der Waals surface area contributed by atoms with E-state index in [1.54, 1.807) is 29.8 Å². The van der Waals surface area contributed by atoms with Crippen LogP contribution in [0.1, 0.15) is 6.42 Å². The van der Waals surface area contributed by atoms with Crippen LogP contribution < -0.4 is 15.0 Å². The van der Waals surface area contributed by atoms with Crippen LogP contribution in [0.5, 0.6) is 11.6 Å². The first-order valence-corrected chi connectivity index (χ1v) is 10.7. The van der Waals surface area contributed by atoms with Crippen LogP contribution in [0.25, 0.3) is 10.2 Å². The molecule has 4 heterocycles. The number of fused-ring (bicyclic) bond motifs is 1. The average molecular weight is 433 g/mol. The van der Waals surface area contributed by atoms with Crippen LogP contribution in [0.3, 0.4) is 0 Å². The third-order valence-electron chi connectivity index (χ3n) is 4.89. The highest BCUT2D eigenvalue weighted by Gasteiger charge is 2.28. The van der Waals surface area contributed by atoms with Crippen molar-refractivity contribution >= 4 is 39.2 Å². The molecule has 3 aromatic heterocycles. The van der Waals surface area contributed by atoms with E-state index < -0.39 is 6.09 Å². The number of anilines is 2. The van der Waals surface area contributed by atoms with Gasteiger partial charge in [0.25, 0.3) is 0 Å². The minimum Gasteiger partial charge on any atom is -0.444 e. The number of nitrogens with one attached hydrogen (secondary N) is 1. The lowest BCUT2D eigenvalue weighted by Gasteiger charge is -2.18. The number of thiophene rings is 1. The number of amides is 1. The van der Waals surface area contributed by atoms with Gasteiger partial charge >= 0.3 is 6.09 Å². The van der Waals surface area contributed by atoms with Gasteiger partial charge in [-0.05, 0) is 29.6 Å². The summed E-state index contributed by atoms with van der Waals surface area (Å²) < 4.78 is 12.3. The normalized spacial score (nSPS) is 15.7. The summed E-state index contributed by atoms with van der Waals surface area (Å²) in [5.74, 6) is 2.04. The zero-order valence-corrected chi connectivity index (χ0v) is 17.3. The molecule has 0 spiro atoms. The molecule has 31 heavy (non-hydrogen) atoms. The highest BCUT2D eigenvalue weighted by molar-refractivity contribution is 7.17. The lowest BCUT2D eigenvalue weighted by Crippen LogP contribution is -2.27. The first-order chi connectivity index (χ1) is 15.2. The number of para-hydroxylation sites is 1. The van der Waals surface area contributed by atoms with Crippen molar-refractivity contribution in [3.63, 3.8) is 0 Å². The Hall–Kier alpha value is -3.72. The molecule has 8 nitrogen and oxygen atoms in total. The van der Waals surface area contributed by atoms with Gasteiger partial charge in [-0.1, -0.05) is 18.2 Å². The van der Waals surface area contributed by atoms with Crippen LogP contribution in [0.2, 0.25) is 0 Å². The summed E-state index contributed by atoms with van der Waals surface area (Å²) in [6, 6.07) is 14.8. The second kappa shape index (κ2) is 8.57. The predicted molar refractivity (Wildman–Crippen MR) is 119 cm³/mol. The number of ether oxygens (including phenoxy) is 2. The number of pyridine rings is 1. The molecule has 1 aliphatic rings. The number of carbonyl (C=O) groups is 1. The van der Waals surface area contributed by atoms with Crippen LogP contribution in [0.4, 0.5) is 16.3 Å². The number of carbonyl (C=O) groups excluding carboxylic acids is 1. The molecular weight excluding hydrogens is 414 g/mol. The maximum Gasteiger partial charge on any atom is 0.412 e. The van der Waals surface area contributed by atoms with E-state index in [1.165, 1.54) is 6.20 Å². The third-order valence-corrected chi connectivity index (χ3v) is 5.79. The van der Waals surface area contributed by atoms with Gasteiger partial charge in [0.05, 0.1) is 28.6 Å². The minimum atomic E-state index is -0.505. The fourth-order valence-corrected chi connectivity index (χ4v) is 4.30. The Bertz CT molecular complexity index is 1180. The van der Waals surface area contributed by atoms with Crippen molar-refractivity contribution < 1.29 is 14.3 Å². The van der Waals surface area contributed by atoms with Crippen molar-refractivity contribution in [3.8, 4) is 11.6 Å². The van der Waals surface area contributed by atoms with Crippen LogP contribution in [0, 0.1) is 0 Å². The summed E-state index contributed by atoms with van der Waals surface area (Å²) >= 11 is 1.62. The molecule has 5 rings (SSSR count). The van der Waals surface area contributed by atoms with Crippen LogP contribution >= 0.6 is 11.3 Å². The van der Waals surface area contributed by atoms with Crippen molar-refractivity contribution in [1.82, 2.24) is 15.0 Å². The van der Waals surface area contributed by atoms with Gasteiger partial charge in [0.2, 0.25) is 5.88 Å². The summed E-state index contributed by atoms with van der Waals surface area (Å²) in [7, 11) is 0. The van der Waals surface area contributed by atoms with E-state index in [2.05, 4.69) is 25.2 Å². The second-order valence-electron chi connectivity index (χ2n) is 7.02. The molecule has 1 unspecified atom stereocenters. The fraction of sp³-hybridized carbons (Fsp3) is 0.182. The molecule has 1 saturated heterocycles. The molecule has 0 aliphatic carbocycles. The fourth-order valence-electron chi connectivity index (χ4n) is 3.44. The second-order valence-corrected chi connectivity index (χ2v) is 7.94. The zero-order chi connectivity index (χ0) is 21.0. The summed E-state index contributed by atoms with van der Waals surface area (Å²) in [6.45, 7) is 1.37. The lowest BCUT2D eigenvalue weighted by atomic mass is 10.3. The number of hydrogen-bond acceptors (Lipinski definition) is 8. The molecule has 1 aliphatic heterocycles. The smallest absolute Gasteiger partial charge is 0.412 e. The Morgan fingerprint density at radius 2 is 2.00 bits per heavy atom. The van der Waals surface area contributed by atoms with Gasteiger partial charge in [0, 0.05) is 19.0 Å². The number of benzene rings is 1. The van der Waals surface area contributed by atoms with Gasteiger partial charge in [-0.25, -0.2) is 19.7 Å². The molecule has 1 aromatic carbocycles. The number of rotatable bonds is 5. The molecule has 1 amide bonds. The summed E-state index contributed by atoms with van der Waals surface area (Å²) in [5, 5.41) is 4.72. The summed E-state index contributed by atoms with van der Waals surface area (Å²) in [5.41, 5.74) is 1.47. The Balaban J connectivity index is 1.15. The first kappa shape index (κ1) is 19.3. The highest BCUT2D eigenvalue weighted by Crippen LogP contribution is 2.30. The molecule has 9 heteroatoms. The van der Waals surface area contributed by atoms with Crippen molar-refractivity contribution in [2.75, 3.05) is 23.3 Å². The van der Waals surface area contributed by atoms with Crippen molar-refractivity contribution in [1.29, 1.82) is 0 Å². The van der Waals surface area contributed by atoms with E-state index in [0.29, 0.717) is 23.9 Å². The van der Waals surface area contributed by atoms with Crippen molar-refractivity contribution in [3.05, 3.63) is 66.4 Å². The number of hydrogen-bond donors (Lipinski definition) is 1. The third kappa shape index (κ3) is 4.41. The van der Waals surface area contributed by atoms with E-state index in [1.807, 2.05) is 41.8 Å². The quantitative estimate of drug-likeness (QED) is 0.488. The largest absolute Gasteiger partial charge is 0.444 e. The number of nitrogens with zero attached hydrogens (tertiary/aromatic N) is 4. The van der Waals surface area contributed by atoms with Gasteiger partial charge in [-0.3, -0.25) is 5.32 Å². The van der Waals surface area contributed by atoms with Crippen molar-refractivity contribution in [2.45, 2.75) is 12.5 Å². The van der Waals surface area contributed by atoms with Crippen molar-refractivity contribution in [2.24, 2.45) is 0 Å². The van der Waals surface area contributed by atoms with E-state index in [-0.39, 0.29) is 6.10 Å². The maximum absolute atomic E-state index is 12.3. The minimum absolute atomic E-state index is 0.210. The van der Waals surface area contributed by atoms with Gasteiger partial charge < -0.3 is 14.4 Å². The van der Waals surface area contributed by atoms with Gasteiger partial charge in [-0.2, -0.15) is 0 Å². The molecule has 156 valence electrons. The topological polar surface area (TPSA) is 89.5 Å². The van der Waals surface area contributed by atoms with Gasteiger partial charge in [-0.15, -0.1) is 11.3 Å². The molecule has 4 aromatic rings. The lowest BCUT2D eigenvalue weighted by molar-refractivity contribution is 0.122. The van der Waals surface area contributed by atoms with Crippen LogP contribution in [0.15, 0.2) is 66.4 Å². The standard InChI is InChI=1S/C22H19N5O3S/c28-22(26-15-6-7-19(23-12-15)29-16-4-2-1-3-5-16)30-17-8-10-27(13-17)21-20-18(9-11-31-20)24-14-25-21/h1-7,9,11-12,14,17H,8,10,13H2,(H,26,28).